The number of aromatic nitrogens is 1. The first-order valence-electron chi connectivity index (χ1n) is 6.50. The zero-order valence-electron chi connectivity index (χ0n) is 12.2. The van der Waals surface area contributed by atoms with Crippen LogP contribution in [0.15, 0.2) is 39.9 Å². The fourth-order valence-electron chi connectivity index (χ4n) is 1.80. The van der Waals surface area contributed by atoms with Gasteiger partial charge in [-0.25, -0.2) is 4.98 Å². The minimum absolute atomic E-state index is 0.0586. The van der Waals surface area contributed by atoms with E-state index in [1.165, 1.54) is 18.0 Å². The predicted molar refractivity (Wildman–Crippen MR) is 81.4 cm³/mol. The summed E-state index contributed by atoms with van der Waals surface area (Å²) in [6.45, 7) is 3.46. The second kappa shape index (κ2) is 6.32. The molecule has 1 atom stereocenters. The average molecular weight is 306 g/mol. The molecule has 1 unspecified atom stereocenters. The Kier molecular flexibility index (Phi) is 4.69. The monoisotopic (exact) mass is 306 g/mol. The SMILES string of the molecule is CSc1ccc(C(=O)NCC(C)(O)c2ccc(C)o2)cn1. The lowest BCUT2D eigenvalue weighted by atomic mass is 10.0. The Hall–Kier alpha value is -1.79. The Morgan fingerprint density at radius 2 is 2.19 bits per heavy atom. The van der Waals surface area contributed by atoms with Crippen LogP contribution in [0.2, 0.25) is 0 Å². The highest BCUT2D eigenvalue weighted by molar-refractivity contribution is 7.98. The van der Waals surface area contributed by atoms with E-state index < -0.39 is 5.60 Å². The molecule has 5 nitrogen and oxygen atoms in total. The number of thioether (sulfide) groups is 1. The molecule has 0 bridgehead atoms. The van der Waals surface area contributed by atoms with Gasteiger partial charge in [0.15, 0.2) is 0 Å². The molecular weight excluding hydrogens is 288 g/mol. The van der Waals surface area contributed by atoms with Crippen molar-refractivity contribution in [2.24, 2.45) is 0 Å². The summed E-state index contributed by atoms with van der Waals surface area (Å²) in [5.41, 5.74) is -0.796. The molecule has 6 heteroatoms. The molecule has 0 saturated heterocycles. The van der Waals surface area contributed by atoms with Gasteiger partial charge in [0.25, 0.3) is 5.91 Å². The molecule has 0 radical (unpaired) electrons. The maximum absolute atomic E-state index is 12.0. The molecule has 0 spiro atoms. The number of aryl methyl sites for hydroxylation is 1. The Balaban J connectivity index is 1.99. The molecule has 0 aromatic carbocycles. The Labute approximate surface area is 127 Å². The van der Waals surface area contributed by atoms with Gasteiger partial charge in [-0.1, -0.05) is 0 Å². The van der Waals surface area contributed by atoms with Crippen LogP contribution < -0.4 is 5.32 Å². The van der Waals surface area contributed by atoms with Crippen LogP contribution in [0.1, 0.15) is 28.8 Å². The van der Waals surface area contributed by atoms with Crippen molar-refractivity contribution >= 4 is 17.7 Å². The molecule has 2 rings (SSSR count). The molecule has 0 aliphatic heterocycles. The average Bonchev–Trinajstić information content (AvgIpc) is 2.92. The molecular formula is C15H18N2O3S. The maximum Gasteiger partial charge on any atom is 0.252 e. The largest absolute Gasteiger partial charge is 0.463 e. The van der Waals surface area contributed by atoms with Crippen molar-refractivity contribution < 1.29 is 14.3 Å². The van der Waals surface area contributed by atoms with Gasteiger partial charge in [0.05, 0.1) is 17.1 Å². The highest BCUT2D eigenvalue weighted by Gasteiger charge is 2.27. The van der Waals surface area contributed by atoms with E-state index in [9.17, 15) is 9.90 Å². The highest BCUT2D eigenvalue weighted by Crippen LogP contribution is 2.22. The predicted octanol–water partition coefficient (Wildman–Crippen LogP) is 2.34. The van der Waals surface area contributed by atoms with Crippen LogP contribution in [0, 0.1) is 6.92 Å². The van der Waals surface area contributed by atoms with E-state index in [2.05, 4.69) is 10.3 Å². The molecule has 2 aromatic rings. The van der Waals surface area contributed by atoms with Gasteiger partial charge in [0.2, 0.25) is 0 Å². The number of furan rings is 1. The van der Waals surface area contributed by atoms with Gasteiger partial charge in [0, 0.05) is 6.20 Å². The lowest BCUT2D eigenvalue weighted by Gasteiger charge is -2.21. The number of nitrogens with one attached hydrogen (secondary N) is 1. The summed E-state index contributed by atoms with van der Waals surface area (Å²) in [6, 6.07) is 6.97. The summed E-state index contributed by atoms with van der Waals surface area (Å²) in [5.74, 6) is 0.864. The Morgan fingerprint density at radius 1 is 1.43 bits per heavy atom. The summed E-state index contributed by atoms with van der Waals surface area (Å²) < 4.78 is 5.40. The number of pyridine rings is 1. The third-order valence-corrected chi connectivity index (χ3v) is 3.73. The molecule has 1 amide bonds. The molecule has 2 heterocycles. The number of carbonyl (C=O) groups excluding carboxylic acids is 1. The van der Waals surface area contributed by atoms with Gasteiger partial charge < -0.3 is 14.8 Å². The minimum atomic E-state index is -1.25. The quantitative estimate of drug-likeness (QED) is 0.829. The van der Waals surface area contributed by atoms with Crippen LogP contribution in [-0.4, -0.2) is 28.8 Å². The number of aliphatic hydroxyl groups is 1. The van der Waals surface area contributed by atoms with Crippen molar-refractivity contribution in [2.45, 2.75) is 24.5 Å². The van der Waals surface area contributed by atoms with Gasteiger partial charge in [-0.2, -0.15) is 0 Å². The number of hydrogen-bond acceptors (Lipinski definition) is 5. The lowest BCUT2D eigenvalue weighted by molar-refractivity contribution is 0.0323. The topological polar surface area (TPSA) is 75.4 Å². The van der Waals surface area contributed by atoms with E-state index in [0.717, 1.165) is 5.03 Å². The number of hydrogen-bond donors (Lipinski definition) is 2. The molecule has 0 saturated carbocycles. The fourth-order valence-corrected chi connectivity index (χ4v) is 2.16. The van der Waals surface area contributed by atoms with Crippen LogP contribution >= 0.6 is 11.8 Å². The normalized spacial score (nSPS) is 13.7. The maximum atomic E-state index is 12.0. The van der Waals surface area contributed by atoms with Crippen molar-refractivity contribution in [3.63, 3.8) is 0 Å². The molecule has 0 fully saturated rings. The van der Waals surface area contributed by atoms with Crippen LogP contribution in [-0.2, 0) is 5.60 Å². The van der Waals surface area contributed by atoms with Crippen LogP contribution in [0.4, 0.5) is 0 Å². The summed E-state index contributed by atoms with van der Waals surface area (Å²) in [4.78, 5) is 16.2. The van der Waals surface area contributed by atoms with Crippen molar-refractivity contribution in [1.82, 2.24) is 10.3 Å². The van der Waals surface area contributed by atoms with Crippen LogP contribution in [0.25, 0.3) is 0 Å². The highest BCUT2D eigenvalue weighted by atomic mass is 32.2. The molecule has 0 aliphatic carbocycles. The van der Waals surface area contributed by atoms with Crippen LogP contribution in [0.5, 0.6) is 0 Å². The van der Waals surface area contributed by atoms with E-state index in [1.807, 2.05) is 6.26 Å². The smallest absolute Gasteiger partial charge is 0.252 e. The first-order chi connectivity index (χ1) is 9.92. The first-order valence-corrected chi connectivity index (χ1v) is 7.72. The molecule has 2 aromatic heterocycles. The number of nitrogens with zero attached hydrogens (tertiary/aromatic N) is 1. The molecule has 0 aliphatic rings. The number of rotatable bonds is 5. The van der Waals surface area contributed by atoms with E-state index in [4.69, 9.17) is 4.42 Å². The zero-order valence-corrected chi connectivity index (χ0v) is 13.0. The number of carbonyl (C=O) groups is 1. The second-order valence-electron chi connectivity index (χ2n) is 4.96. The number of amides is 1. The zero-order chi connectivity index (χ0) is 15.5. The van der Waals surface area contributed by atoms with Gasteiger partial charge in [-0.05, 0) is 44.4 Å². The molecule has 2 N–H and O–H groups in total. The Morgan fingerprint density at radius 3 is 2.71 bits per heavy atom. The summed E-state index contributed by atoms with van der Waals surface area (Å²) in [5, 5.41) is 13.9. The third-order valence-electron chi connectivity index (χ3n) is 3.07. The van der Waals surface area contributed by atoms with Gasteiger partial charge in [0.1, 0.15) is 17.1 Å². The summed E-state index contributed by atoms with van der Waals surface area (Å²) in [6.07, 6.45) is 3.44. The first kappa shape index (κ1) is 15.6. The van der Waals surface area contributed by atoms with Gasteiger partial charge in [-0.3, -0.25) is 4.79 Å². The minimum Gasteiger partial charge on any atom is -0.463 e. The van der Waals surface area contributed by atoms with Crippen molar-refractivity contribution in [3.8, 4) is 0 Å². The van der Waals surface area contributed by atoms with Crippen molar-refractivity contribution in [2.75, 3.05) is 12.8 Å². The summed E-state index contributed by atoms with van der Waals surface area (Å²) in [7, 11) is 0. The van der Waals surface area contributed by atoms with Gasteiger partial charge >= 0.3 is 0 Å². The summed E-state index contributed by atoms with van der Waals surface area (Å²) >= 11 is 1.51. The van der Waals surface area contributed by atoms with E-state index >= 15 is 0 Å². The standard InChI is InChI=1S/C15H18N2O3S/c1-10-4-6-12(20-10)15(2,19)9-17-14(18)11-5-7-13(21-3)16-8-11/h4-8,19H,9H2,1-3H3,(H,17,18). The third kappa shape index (κ3) is 3.86. The van der Waals surface area contributed by atoms with Crippen molar-refractivity contribution in [1.29, 1.82) is 0 Å². The van der Waals surface area contributed by atoms with E-state index in [1.54, 1.807) is 38.1 Å². The Bertz CT molecular complexity index is 620. The second-order valence-corrected chi connectivity index (χ2v) is 5.78. The van der Waals surface area contributed by atoms with E-state index in [0.29, 0.717) is 17.1 Å². The van der Waals surface area contributed by atoms with Crippen molar-refractivity contribution in [3.05, 3.63) is 47.5 Å². The van der Waals surface area contributed by atoms with E-state index in [-0.39, 0.29) is 12.5 Å². The molecule has 21 heavy (non-hydrogen) atoms. The molecule has 112 valence electrons. The van der Waals surface area contributed by atoms with Gasteiger partial charge in [-0.15, -0.1) is 11.8 Å². The van der Waals surface area contributed by atoms with Crippen LogP contribution in [0.3, 0.4) is 0 Å². The lowest BCUT2D eigenvalue weighted by Crippen LogP contribution is -2.38. The fraction of sp³-hybridized carbons (Fsp3) is 0.333.